The standard InChI is InChI=1S/C14H20N2O/c1-3-15-13-6-4-11-5-7-14(16-10(2)17)9-12(11)8-13/h5,7,9,13,15H,3-4,6,8H2,1-2H3,(H,16,17). The minimum Gasteiger partial charge on any atom is -0.326 e. The van der Waals surface area contributed by atoms with E-state index in [1.807, 2.05) is 6.07 Å². The summed E-state index contributed by atoms with van der Waals surface area (Å²) in [7, 11) is 0. The lowest BCUT2D eigenvalue weighted by Crippen LogP contribution is -2.34. The average Bonchev–Trinajstić information content (AvgIpc) is 2.28. The summed E-state index contributed by atoms with van der Waals surface area (Å²) in [6.45, 7) is 4.70. The zero-order valence-electron chi connectivity index (χ0n) is 10.5. The second-order valence-corrected chi connectivity index (χ2v) is 4.66. The number of fused-ring (bicyclic) bond motifs is 1. The third-order valence-electron chi connectivity index (χ3n) is 3.25. The summed E-state index contributed by atoms with van der Waals surface area (Å²) in [6, 6.07) is 6.83. The largest absolute Gasteiger partial charge is 0.326 e. The van der Waals surface area contributed by atoms with Crippen LogP contribution in [0.5, 0.6) is 0 Å². The highest BCUT2D eigenvalue weighted by Gasteiger charge is 2.17. The summed E-state index contributed by atoms with van der Waals surface area (Å²) in [4.78, 5) is 11.0. The van der Waals surface area contributed by atoms with Gasteiger partial charge in [-0.1, -0.05) is 13.0 Å². The van der Waals surface area contributed by atoms with Crippen LogP contribution < -0.4 is 10.6 Å². The monoisotopic (exact) mass is 232 g/mol. The molecule has 1 unspecified atom stereocenters. The van der Waals surface area contributed by atoms with Crippen molar-refractivity contribution in [2.24, 2.45) is 0 Å². The highest BCUT2D eigenvalue weighted by Crippen LogP contribution is 2.24. The average molecular weight is 232 g/mol. The van der Waals surface area contributed by atoms with E-state index < -0.39 is 0 Å². The van der Waals surface area contributed by atoms with E-state index in [-0.39, 0.29) is 5.91 Å². The quantitative estimate of drug-likeness (QED) is 0.838. The first-order valence-electron chi connectivity index (χ1n) is 6.32. The van der Waals surface area contributed by atoms with Gasteiger partial charge in [-0.25, -0.2) is 0 Å². The molecular formula is C14H20N2O. The van der Waals surface area contributed by atoms with Gasteiger partial charge in [0.15, 0.2) is 0 Å². The predicted molar refractivity (Wildman–Crippen MR) is 70.2 cm³/mol. The molecule has 1 aliphatic carbocycles. The van der Waals surface area contributed by atoms with E-state index in [0.717, 1.165) is 25.1 Å². The number of hydrogen-bond acceptors (Lipinski definition) is 2. The Balaban J connectivity index is 2.14. The summed E-state index contributed by atoms with van der Waals surface area (Å²) < 4.78 is 0. The molecule has 2 rings (SSSR count). The molecule has 1 atom stereocenters. The van der Waals surface area contributed by atoms with E-state index in [4.69, 9.17) is 0 Å². The van der Waals surface area contributed by atoms with Crippen LogP contribution in [0.25, 0.3) is 0 Å². The highest BCUT2D eigenvalue weighted by atomic mass is 16.1. The van der Waals surface area contributed by atoms with Crippen molar-refractivity contribution in [1.29, 1.82) is 0 Å². The summed E-state index contributed by atoms with van der Waals surface area (Å²) in [5.74, 6) is -0.0102. The number of hydrogen-bond donors (Lipinski definition) is 2. The van der Waals surface area contributed by atoms with Gasteiger partial charge in [0.1, 0.15) is 0 Å². The number of amides is 1. The molecule has 92 valence electrons. The molecule has 0 spiro atoms. The molecular weight excluding hydrogens is 212 g/mol. The fourth-order valence-corrected chi connectivity index (χ4v) is 2.50. The van der Waals surface area contributed by atoms with Gasteiger partial charge >= 0.3 is 0 Å². The van der Waals surface area contributed by atoms with E-state index in [9.17, 15) is 4.79 Å². The molecule has 3 nitrogen and oxygen atoms in total. The van der Waals surface area contributed by atoms with Crippen LogP contribution in [0.2, 0.25) is 0 Å². The molecule has 0 aromatic heterocycles. The first kappa shape index (κ1) is 12.1. The molecule has 0 radical (unpaired) electrons. The van der Waals surface area contributed by atoms with Gasteiger partial charge in [0.25, 0.3) is 0 Å². The maximum absolute atomic E-state index is 11.0. The van der Waals surface area contributed by atoms with Crippen LogP contribution in [-0.2, 0) is 17.6 Å². The predicted octanol–water partition coefficient (Wildman–Crippen LogP) is 2.11. The Labute approximate surface area is 103 Å². The molecule has 0 fully saturated rings. The molecule has 0 saturated carbocycles. The SMILES string of the molecule is CCNC1CCc2ccc(NC(C)=O)cc2C1. The maximum atomic E-state index is 11.0. The molecule has 1 aliphatic rings. The number of nitrogens with one attached hydrogen (secondary N) is 2. The first-order valence-corrected chi connectivity index (χ1v) is 6.32. The fraction of sp³-hybridized carbons (Fsp3) is 0.500. The molecule has 0 aliphatic heterocycles. The van der Waals surface area contributed by atoms with Gasteiger partial charge in [-0.15, -0.1) is 0 Å². The van der Waals surface area contributed by atoms with Gasteiger partial charge in [-0.3, -0.25) is 4.79 Å². The van der Waals surface area contributed by atoms with E-state index in [1.54, 1.807) is 6.92 Å². The second-order valence-electron chi connectivity index (χ2n) is 4.66. The van der Waals surface area contributed by atoms with Crippen molar-refractivity contribution in [2.75, 3.05) is 11.9 Å². The van der Waals surface area contributed by atoms with Crippen molar-refractivity contribution < 1.29 is 4.79 Å². The number of anilines is 1. The maximum Gasteiger partial charge on any atom is 0.221 e. The zero-order chi connectivity index (χ0) is 12.3. The van der Waals surface area contributed by atoms with Gasteiger partial charge in [0, 0.05) is 18.7 Å². The Morgan fingerprint density at radius 3 is 2.94 bits per heavy atom. The van der Waals surface area contributed by atoms with E-state index in [2.05, 4.69) is 29.7 Å². The zero-order valence-corrected chi connectivity index (χ0v) is 10.5. The Morgan fingerprint density at radius 1 is 1.41 bits per heavy atom. The lowest BCUT2D eigenvalue weighted by molar-refractivity contribution is -0.114. The van der Waals surface area contributed by atoms with Crippen molar-refractivity contribution in [3.63, 3.8) is 0 Å². The Bertz CT molecular complexity index is 415. The van der Waals surface area contributed by atoms with Gasteiger partial charge < -0.3 is 10.6 Å². The third kappa shape index (κ3) is 3.07. The van der Waals surface area contributed by atoms with E-state index in [1.165, 1.54) is 17.5 Å². The van der Waals surface area contributed by atoms with Crippen LogP contribution in [0.15, 0.2) is 18.2 Å². The van der Waals surface area contributed by atoms with Crippen molar-refractivity contribution in [3.8, 4) is 0 Å². The summed E-state index contributed by atoms with van der Waals surface area (Å²) >= 11 is 0. The molecule has 3 heteroatoms. The first-order chi connectivity index (χ1) is 8.19. The van der Waals surface area contributed by atoms with Crippen molar-refractivity contribution in [1.82, 2.24) is 5.32 Å². The Kier molecular flexibility index (Phi) is 3.79. The molecule has 1 aromatic carbocycles. The number of rotatable bonds is 3. The van der Waals surface area contributed by atoms with Gasteiger partial charge in [-0.05, 0) is 49.1 Å². The van der Waals surface area contributed by atoms with Crippen molar-refractivity contribution in [3.05, 3.63) is 29.3 Å². The molecule has 0 heterocycles. The second kappa shape index (κ2) is 5.32. The number of carbonyl (C=O) groups excluding carboxylic acids is 1. The third-order valence-corrected chi connectivity index (χ3v) is 3.25. The van der Waals surface area contributed by atoms with E-state index in [0.29, 0.717) is 6.04 Å². The molecule has 0 saturated heterocycles. The van der Waals surface area contributed by atoms with Crippen LogP contribution >= 0.6 is 0 Å². The number of benzene rings is 1. The molecule has 1 aromatic rings. The van der Waals surface area contributed by atoms with Gasteiger partial charge in [0.2, 0.25) is 5.91 Å². The summed E-state index contributed by atoms with van der Waals surface area (Å²) in [5.41, 5.74) is 3.70. The smallest absolute Gasteiger partial charge is 0.221 e. The Morgan fingerprint density at radius 2 is 2.24 bits per heavy atom. The summed E-state index contributed by atoms with van der Waals surface area (Å²) in [5, 5.41) is 6.34. The summed E-state index contributed by atoms with van der Waals surface area (Å²) in [6.07, 6.45) is 3.41. The number of aryl methyl sites for hydroxylation is 1. The minimum atomic E-state index is -0.0102. The molecule has 0 bridgehead atoms. The number of likely N-dealkylation sites (N-methyl/N-ethyl adjacent to an activating group) is 1. The van der Waals surface area contributed by atoms with Gasteiger partial charge in [-0.2, -0.15) is 0 Å². The molecule has 2 N–H and O–H groups in total. The molecule has 1 amide bonds. The van der Waals surface area contributed by atoms with Crippen LogP contribution in [0.1, 0.15) is 31.4 Å². The van der Waals surface area contributed by atoms with Gasteiger partial charge in [0.05, 0.1) is 0 Å². The minimum absolute atomic E-state index is 0.0102. The van der Waals surface area contributed by atoms with Crippen LogP contribution in [0.3, 0.4) is 0 Å². The van der Waals surface area contributed by atoms with Crippen LogP contribution in [0.4, 0.5) is 5.69 Å². The topological polar surface area (TPSA) is 41.1 Å². The van der Waals surface area contributed by atoms with Crippen molar-refractivity contribution >= 4 is 11.6 Å². The lowest BCUT2D eigenvalue weighted by atomic mass is 9.88. The Hall–Kier alpha value is -1.35. The fourth-order valence-electron chi connectivity index (χ4n) is 2.50. The van der Waals surface area contributed by atoms with Crippen LogP contribution in [-0.4, -0.2) is 18.5 Å². The molecule has 17 heavy (non-hydrogen) atoms. The normalized spacial score (nSPS) is 18.6. The number of carbonyl (C=O) groups is 1. The lowest BCUT2D eigenvalue weighted by Gasteiger charge is -2.25. The van der Waals surface area contributed by atoms with E-state index >= 15 is 0 Å². The van der Waals surface area contributed by atoms with Crippen molar-refractivity contribution in [2.45, 2.75) is 39.2 Å². The van der Waals surface area contributed by atoms with Crippen LogP contribution in [0, 0.1) is 0 Å². The highest BCUT2D eigenvalue weighted by molar-refractivity contribution is 5.88.